The number of rotatable bonds is 9. The summed E-state index contributed by atoms with van der Waals surface area (Å²) in [6.07, 6.45) is 5.76. The average Bonchev–Trinajstić information content (AvgIpc) is 3.43. The van der Waals surface area contributed by atoms with Crippen molar-refractivity contribution in [3.05, 3.63) is 69.5 Å². The van der Waals surface area contributed by atoms with E-state index in [1.54, 1.807) is 10.8 Å². The van der Waals surface area contributed by atoms with Crippen LogP contribution in [0.4, 0.5) is 0 Å². The molecule has 8 nitrogen and oxygen atoms in total. The van der Waals surface area contributed by atoms with Crippen LogP contribution >= 0.6 is 11.6 Å². The summed E-state index contributed by atoms with van der Waals surface area (Å²) in [5.41, 5.74) is 4.46. The van der Waals surface area contributed by atoms with Crippen molar-refractivity contribution in [1.82, 2.24) is 34.7 Å². The maximum absolute atomic E-state index is 13.0. The third-order valence-electron chi connectivity index (χ3n) is 5.57. The highest BCUT2D eigenvalue weighted by Gasteiger charge is 2.18. The van der Waals surface area contributed by atoms with Gasteiger partial charge in [0.15, 0.2) is 0 Å². The van der Waals surface area contributed by atoms with Gasteiger partial charge in [-0.1, -0.05) is 61.7 Å². The number of H-pyrrole nitrogens is 1. The normalized spacial score (nSPS) is 11.2. The third kappa shape index (κ3) is 4.36. The van der Waals surface area contributed by atoms with Crippen LogP contribution in [-0.2, 0) is 19.5 Å². The molecule has 0 unspecified atom stereocenters. The number of unbranched alkanes of at least 4 members (excludes halogenated alkanes) is 2. The quantitative estimate of drug-likeness (QED) is 0.382. The van der Waals surface area contributed by atoms with Crippen LogP contribution in [-0.4, -0.2) is 34.7 Å². The molecule has 0 amide bonds. The van der Waals surface area contributed by atoms with Gasteiger partial charge in [-0.25, -0.2) is 4.79 Å². The van der Waals surface area contributed by atoms with Gasteiger partial charge in [-0.3, -0.25) is 14.1 Å². The molecule has 0 fully saturated rings. The van der Waals surface area contributed by atoms with Gasteiger partial charge < -0.3 is 0 Å². The Hall–Kier alpha value is -3.26. The third-order valence-corrected chi connectivity index (χ3v) is 5.99. The number of aromatic nitrogens is 7. The Balaban J connectivity index is 1.63. The van der Waals surface area contributed by atoms with Gasteiger partial charge in [-0.05, 0) is 42.2 Å². The fraction of sp³-hybridized carbons (Fsp3) is 0.348. The van der Waals surface area contributed by atoms with Crippen LogP contribution in [0.1, 0.15) is 44.4 Å². The van der Waals surface area contributed by atoms with Crippen LogP contribution in [0.5, 0.6) is 0 Å². The molecule has 0 atom stereocenters. The number of imidazole rings is 1. The van der Waals surface area contributed by atoms with Crippen LogP contribution in [0.2, 0.25) is 5.15 Å². The summed E-state index contributed by atoms with van der Waals surface area (Å²) in [7, 11) is 0. The molecule has 0 spiro atoms. The fourth-order valence-corrected chi connectivity index (χ4v) is 4.27. The number of hydrogen-bond acceptors (Lipinski definition) is 5. The molecule has 0 radical (unpaired) electrons. The second-order valence-corrected chi connectivity index (χ2v) is 8.00. The Morgan fingerprint density at radius 2 is 1.88 bits per heavy atom. The lowest BCUT2D eigenvalue weighted by molar-refractivity contribution is 0.638. The number of halogens is 1. The van der Waals surface area contributed by atoms with E-state index < -0.39 is 0 Å². The number of benzene rings is 1. The molecule has 32 heavy (non-hydrogen) atoms. The fourth-order valence-electron chi connectivity index (χ4n) is 3.88. The van der Waals surface area contributed by atoms with Gasteiger partial charge in [-0.2, -0.15) is 5.21 Å². The van der Waals surface area contributed by atoms with Crippen LogP contribution in [0.25, 0.3) is 22.6 Å². The second-order valence-electron chi connectivity index (χ2n) is 7.64. The van der Waals surface area contributed by atoms with Crippen molar-refractivity contribution in [3.63, 3.8) is 0 Å². The van der Waals surface area contributed by atoms with Crippen molar-refractivity contribution in [2.45, 2.75) is 52.6 Å². The van der Waals surface area contributed by atoms with Crippen molar-refractivity contribution in [3.8, 4) is 22.6 Å². The van der Waals surface area contributed by atoms with Gasteiger partial charge >= 0.3 is 5.69 Å². The van der Waals surface area contributed by atoms with E-state index in [0.29, 0.717) is 29.8 Å². The molecule has 0 aliphatic rings. The van der Waals surface area contributed by atoms with E-state index >= 15 is 0 Å². The predicted molar refractivity (Wildman–Crippen MR) is 125 cm³/mol. The first kappa shape index (κ1) is 22.0. The summed E-state index contributed by atoms with van der Waals surface area (Å²) in [6, 6.07) is 12.0. The Labute approximate surface area is 191 Å². The van der Waals surface area contributed by atoms with E-state index in [0.717, 1.165) is 48.1 Å². The lowest BCUT2D eigenvalue weighted by Crippen LogP contribution is -2.25. The van der Waals surface area contributed by atoms with Crippen LogP contribution in [0.3, 0.4) is 0 Å². The largest absolute Gasteiger partial charge is 0.329 e. The summed E-state index contributed by atoms with van der Waals surface area (Å²) >= 11 is 6.57. The van der Waals surface area contributed by atoms with Crippen LogP contribution < -0.4 is 5.69 Å². The summed E-state index contributed by atoms with van der Waals surface area (Å²) in [4.78, 5) is 17.4. The SMILES string of the molecule is CCCCCc1c(Cl)n(CC)c(=O)n1Cc1ccc(-c2cccnc2-c2nn[nH]n2)cc1. The number of aromatic amines is 1. The number of nitrogens with one attached hydrogen (secondary N) is 1. The molecular formula is C23H26ClN7O. The maximum Gasteiger partial charge on any atom is 0.329 e. The molecule has 3 heterocycles. The molecule has 3 aromatic heterocycles. The molecule has 0 bridgehead atoms. The number of nitrogens with zero attached hydrogens (tertiary/aromatic N) is 6. The highest BCUT2D eigenvalue weighted by atomic mass is 35.5. The minimum atomic E-state index is -0.0558. The van der Waals surface area contributed by atoms with Gasteiger partial charge in [0, 0.05) is 18.3 Å². The van der Waals surface area contributed by atoms with Crippen molar-refractivity contribution in [2.75, 3.05) is 0 Å². The molecule has 0 saturated heterocycles. The first-order valence-corrected chi connectivity index (χ1v) is 11.3. The minimum Gasteiger partial charge on any atom is -0.290 e. The number of hydrogen-bond donors (Lipinski definition) is 1. The second kappa shape index (κ2) is 9.91. The standard InChI is InChI=1S/C23H26ClN7O/c1-3-5-6-9-19-21(24)30(4-2)23(32)31(19)15-16-10-12-17(13-11-16)18-8-7-14-25-20(18)22-26-28-29-27-22/h7-8,10-14H,3-6,9,15H2,1-2H3,(H,26,27,28,29). The monoisotopic (exact) mass is 451 g/mol. The molecule has 4 aromatic rings. The van der Waals surface area contributed by atoms with Crippen LogP contribution in [0.15, 0.2) is 47.4 Å². The Morgan fingerprint density at radius 1 is 1.06 bits per heavy atom. The summed E-state index contributed by atoms with van der Waals surface area (Å²) in [6.45, 7) is 5.15. The first-order chi connectivity index (χ1) is 15.6. The topological polar surface area (TPSA) is 94.3 Å². The van der Waals surface area contributed by atoms with Crippen molar-refractivity contribution < 1.29 is 0 Å². The highest BCUT2D eigenvalue weighted by Crippen LogP contribution is 2.28. The van der Waals surface area contributed by atoms with Crippen molar-refractivity contribution in [1.29, 1.82) is 0 Å². The highest BCUT2D eigenvalue weighted by molar-refractivity contribution is 6.30. The molecule has 0 aliphatic carbocycles. The van der Waals surface area contributed by atoms with Crippen molar-refractivity contribution >= 4 is 11.6 Å². The zero-order valence-electron chi connectivity index (χ0n) is 18.3. The number of tetrazole rings is 1. The molecule has 0 saturated carbocycles. The van der Waals surface area contributed by atoms with E-state index in [2.05, 4.69) is 32.5 Å². The van der Waals surface area contributed by atoms with E-state index in [-0.39, 0.29) is 5.69 Å². The van der Waals surface area contributed by atoms with Gasteiger partial charge in [0.1, 0.15) is 10.8 Å². The summed E-state index contributed by atoms with van der Waals surface area (Å²) < 4.78 is 3.45. The minimum absolute atomic E-state index is 0.0558. The first-order valence-electron chi connectivity index (χ1n) is 10.9. The molecular weight excluding hydrogens is 426 g/mol. The van der Waals surface area contributed by atoms with Crippen molar-refractivity contribution in [2.24, 2.45) is 0 Å². The van der Waals surface area contributed by atoms with Crippen LogP contribution in [0, 0.1) is 0 Å². The lowest BCUT2D eigenvalue weighted by atomic mass is 10.0. The van der Waals surface area contributed by atoms with E-state index in [1.807, 2.05) is 47.9 Å². The van der Waals surface area contributed by atoms with E-state index in [4.69, 9.17) is 11.6 Å². The number of pyridine rings is 1. The molecule has 0 aliphatic heterocycles. The van der Waals surface area contributed by atoms with Gasteiger partial charge in [0.25, 0.3) is 0 Å². The predicted octanol–water partition coefficient (Wildman–Crippen LogP) is 4.35. The summed E-state index contributed by atoms with van der Waals surface area (Å²) in [5.74, 6) is 0.448. The smallest absolute Gasteiger partial charge is 0.290 e. The molecule has 9 heteroatoms. The molecule has 166 valence electrons. The summed E-state index contributed by atoms with van der Waals surface area (Å²) in [5, 5.41) is 14.8. The van der Waals surface area contributed by atoms with E-state index in [9.17, 15) is 4.79 Å². The van der Waals surface area contributed by atoms with Gasteiger partial charge in [-0.15, -0.1) is 10.2 Å². The molecule has 1 aromatic carbocycles. The zero-order chi connectivity index (χ0) is 22.5. The Morgan fingerprint density at radius 3 is 2.56 bits per heavy atom. The maximum atomic E-state index is 13.0. The van der Waals surface area contributed by atoms with Gasteiger partial charge in [0.2, 0.25) is 5.82 Å². The molecule has 4 rings (SSSR count). The Bertz CT molecular complexity index is 1230. The Kier molecular flexibility index (Phi) is 6.80. The molecule has 1 N–H and O–H groups in total. The van der Waals surface area contributed by atoms with Gasteiger partial charge in [0.05, 0.1) is 12.2 Å². The van der Waals surface area contributed by atoms with E-state index in [1.165, 1.54) is 0 Å². The zero-order valence-corrected chi connectivity index (χ0v) is 19.0. The lowest BCUT2D eigenvalue weighted by Gasteiger charge is -2.10. The average molecular weight is 452 g/mol.